The summed E-state index contributed by atoms with van der Waals surface area (Å²) in [5, 5.41) is 3.29. The van der Waals surface area contributed by atoms with E-state index >= 15 is 0 Å². The van der Waals surface area contributed by atoms with Gasteiger partial charge in [-0.25, -0.2) is 5.48 Å². The average Bonchev–Trinajstić information content (AvgIpc) is 2.54. The second kappa shape index (κ2) is 3.41. The zero-order valence-corrected chi connectivity index (χ0v) is 7.01. The van der Waals surface area contributed by atoms with Crippen LogP contribution in [-0.2, 0) is 9.63 Å². The van der Waals surface area contributed by atoms with Crippen molar-refractivity contribution in [1.29, 1.82) is 0 Å². The van der Waals surface area contributed by atoms with Crippen LogP contribution in [0, 0.1) is 5.92 Å². The Labute approximate surface area is 71.6 Å². The van der Waals surface area contributed by atoms with Gasteiger partial charge in [0, 0.05) is 0 Å². The Hall–Kier alpha value is -0.610. The van der Waals surface area contributed by atoms with Gasteiger partial charge in [0.25, 0.3) is 0 Å². The van der Waals surface area contributed by atoms with Crippen LogP contribution in [0.3, 0.4) is 0 Å². The smallest absolute Gasteiger partial charge is 0.246 e. The van der Waals surface area contributed by atoms with Crippen LogP contribution in [0.25, 0.3) is 0 Å². The van der Waals surface area contributed by atoms with Crippen LogP contribution in [-0.4, -0.2) is 25.1 Å². The molecule has 2 saturated heterocycles. The summed E-state index contributed by atoms with van der Waals surface area (Å²) in [6.45, 7) is 2.11. The predicted molar refractivity (Wildman–Crippen MR) is 43.2 cm³/mol. The van der Waals surface area contributed by atoms with Gasteiger partial charge in [-0.15, -0.1) is 0 Å². The highest BCUT2D eigenvalue weighted by Crippen LogP contribution is 2.23. The first-order valence-electron chi connectivity index (χ1n) is 4.51. The monoisotopic (exact) mass is 170 g/mol. The first-order valence-corrected chi connectivity index (χ1v) is 4.51. The van der Waals surface area contributed by atoms with Gasteiger partial charge in [0.2, 0.25) is 5.91 Å². The molecular weight excluding hydrogens is 156 g/mol. The van der Waals surface area contributed by atoms with Crippen LogP contribution >= 0.6 is 0 Å². The highest BCUT2D eigenvalue weighted by atomic mass is 16.7. The zero-order chi connectivity index (χ0) is 8.39. The van der Waals surface area contributed by atoms with Gasteiger partial charge in [-0.05, 0) is 31.8 Å². The van der Waals surface area contributed by atoms with Crippen molar-refractivity contribution >= 4 is 5.91 Å². The number of carbonyl (C=O) groups excluding carboxylic acids is 1. The number of hydrogen-bond acceptors (Lipinski definition) is 3. The van der Waals surface area contributed by atoms with E-state index in [1.807, 2.05) is 0 Å². The molecule has 2 aliphatic rings. The van der Waals surface area contributed by atoms with Crippen molar-refractivity contribution in [1.82, 2.24) is 10.8 Å². The number of amides is 1. The molecule has 0 aromatic rings. The Kier molecular flexibility index (Phi) is 2.28. The Bertz CT molecular complexity index is 178. The summed E-state index contributed by atoms with van der Waals surface area (Å²) in [4.78, 5) is 16.0. The van der Waals surface area contributed by atoms with Gasteiger partial charge in [-0.3, -0.25) is 9.63 Å². The fourth-order valence-electron chi connectivity index (χ4n) is 1.89. The van der Waals surface area contributed by atoms with Crippen molar-refractivity contribution in [2.75, 3.05) is 13.1 Å². The molecular formula is C8H14N2O2. The van der Waals surface area contributed by atoms with Gasteiger partial charge >= 0.3 is 0 Å². The van der Waals surface area contributed by atoms with Gasteiger partial charge in [-0.2, -0.15) is 0 Å². The second-order valence-electron chi connectivity index (χ2n) is 3.47. The SMILES string of the molecule is O=C1C[C@@H](C2CCNCC2)ON1. The minimum atomic E-state index is 0.0264. The van der Waals surface area contributed by atoms with E-state index in [0.29, 0.717) is 12.3 Å². The second-order valence-corrected chi connectivity index (χ2v) is 3.47. The van der Waals surface area contributed by atoms with Crippen LogP contribution in [0.5, 0.6) is 0 Å². The topological polar surface area (TPSA) is 50.4 Å². The summed E-state index contributed by atoms with van der Waals surface area (Å²) in [6, 6.07) is 0. The highest BCUT2D eigenvalue weighted by molar-refractivity contribution is 5.76. The molecule has 0 spiro atoms. The van der Waals surface area contributed by atoms with E-state index in [0.717, 1.165) is 25.9 Å². The lowest BCUT2D eigenvalue weighted by Gasteiger charge is -2.25. The molecule has 2 aliphatic heterocycles. The van der Waals surface area contributed by atoms with Crippen molar-refractivity contribution in [3.05, 3.63) is 0 Å². The van der Waals surface area contributed by atoms with Crippen molar-refractivity contribution in [2.24, 2.45) is 5.92 Å². The number of piperidine rings is 1. The van der Waals surface area contributed by atoms with Gasteiger partial charge in [0.05, 0.1) is 12.5 Å². The molecule has 1 amide bonds. The molecule has 0 saturated carbocycles. The van der Waals surface area contributed by atoms with E-state index in [1.165, 1.54) is 0 Å². The van der Waals surface area contributed by atoms with Crippen molar-refractivity contribution in [3.63, 3.8) is 0 Å². The molecule has 68 valence electrons. The van der Waals surface area contributed by atoms with E-state index in [1.54, 1.807) is 0 Å². The van der Waals surface area contributed by atoms with Crippen LogP contribution in [0.2, 0.25) is 0 Å². The summed E-state index contributed by atoms with van der Waals surface area (Å²) in [5.74, 6) is 0.587. The van der Waals surface area contributed by atoms with E-state index < -0.39 is 0 Å². The maximum Gasteiger partial charge on any atom is 0.246 e. The summed E-state index contributed by atoms with van der Waals surface area (Å²) >= 11 is 0. The van der Waals surface area contributed by atoms with E-state index in [9.17, 15) is 4.79 Å². The molecule has 12 heavy (non-hydrogen) atoms. The van der Waals surface area contributed by atoms with Crippen LogP contribution < -0.4 is 10.8 Å². The molecule has 4 nitrogen and oxygen atoms in total. The predicted octanol–water partition coefficient (Wildman–Crippen LogP) is -0.194. The van der Waals surface area contributed by atoms with Gasteiger partial charge < -0.3 is 5.32 Å². The Morgan fingerprint density at radius 3 is 2.67 bits per heavy atom. The standard InChI is InChI=1S/C8H14N2O2/c11-8-5-7(12-10-8)6-1-3-9-4-2-6/h6-7,9H,1-5H2,(H,10,11)/t7-/m0/s1. The Balaban J connectivity index is 1.86. The largest absolute Gasteiger partial charge is 0.317 e. The third-order valence-corrected chi connectivity index (χ3v) is 2.62. The fraction of sp³-hybridized carbons (Fsp3) is 0.875. The lowest BCUT2D eigenvalue weighted by molar-refractivity contribution is -0.124. The van der Waals surface area contributed by atoms with Crippen LogP contribution in [0.4, 0.5) is 0 Å². The summed E-state index contributed by atoms with van der Waals surface area (Å²) in [7, 11) is 0. The maximum absolute atomic E-state index is 10.8. The molecule has 0 bridgehead atoms. The zero-order valence-electron chi connectivity index (χ0n) is 7.01. The van der Waals surface area contributed by atoms with E-state index in [4.69, 9.17) is 4.84 Å². The number of rotatable bonds is 1. The quantitative estimate of drug-likeness (QED) is 0.573. The lowest BCUT2D eigenvalue weighted by atomic mass is 9.91. The fourth-order valence-corrected chi connectivity index (χ4v) is 1.89. The van der Waals surface area contributed by atoms with Crippen molar-refractivity contribution in [2.45, 2.75) is 25.4 Å². The number of hydroxylamine groups is 1. The number of nitrogens with one attached hydrogen (secondary N) is 2. The minimum absolute atomic E-state index is 0.0264. The van der Waals surface area contributed by atoms with Crippen LogP contribution in [0.15, 0.2) is 0 Å². The lowest BCUT2D eigenvalue weighted by Crippen LogP contribution is -2.34. The van der Waals surface area contributed by atoms with Gasteiger partial charge in [-0.1, -0.05) is 0 Å². The molecule has 1 atom stereocenters. The third-order valence-electron chi connectivity index (χ3n) is 2.62. The molecule has 2 N–H and O–H groups in total. The minimum Gasteiger partial charge on any atom is -0.317 e. The normalized spacial score (nSPS) is 32.0. The molecule has 0 unspecified atom stereocenters. The molecule has 2 fully saturated rings. The third kappa shape index (κ3) is 1.59. The van der Waals surface area contributed by atoms with Gasteiger partial charge in [0.1, 0.15) is 0 Å². The van der Waals surface area contributed by atoms with E-state index in [2.05, 4.69) is 10.8 Å². The first kappa shape index (κ1) is 8.01. The van der Waals surface area contributed by atoms with Crippen molar-refractivity contribution < 1.29 is 9.63 Å². The molecule has 2 rings (SSSR count). The molecule has 0 aliphatic carbocycles. The Morgan fingerprint density at radius 1 is 1.33 bits per heavy atom. The Morgan fingerprint density at radius 2 is 2.08 bits per heavy atom. The van der Waals surface area contributed by atoms with Gasteiger partial charge in [0.15, 0.2) is 0 Å². The molecule has 0 radical (unpaired) electrons. The van der Waals surface area contributed by atoms with Crippen molar-refractivity contribution in [3.8, 4) is 0 Å². The summed E-state index contributed by atoms with van der Waals surface area (Å²) in [6.07, 6.45) is 2.92. The number of carbonyl (C=O) groups is 1. The summed E-state index contributed by atoms with van der Waals surface area (Å²) in [5.41, 5.74) is 2.41. The molecule has 4 heteroatoms. The summed E-state index contributed by atoms with van der Waals surface area (Å²) < 4.78 is 0. The van der Waals surface area contributed by atoms with E-state index in [-0.39, 0.29) is 12.0 Å². The number of hydrogen-bond donors (Lipinski definition) is 2. The first-order chi connectivity index (χ1) is 5.86. The average molecular weight is 170 g/mol. The molecule has 0 aromatic heterocycles. The highest BCUT2D eigenvalue weighted by Gasteiger charge is 2.31. The maximum atomic E-state index is 10.8. The van der Waals surface area contributed by atoms with Crippen LogP contribution in [0.1, 0.15) is 19.3 Å². The molecule has 0 aromatic carbocycles. The molecule has 2 heterocycles.